The van der Waals surface area contributed by atoms with E-state index in [9.17, 15) is 26.6 Å². The van der Waals surface area contributed by atoms with E-state index in [-0.39, 0.29) is 22.0 Å². The molecule has 1 aromatic heterocycles. The first kappa shape index (κ1) is 22.9. The molecule has 1 atom stereocenters. The maximum Gasteiger partial charge on any atom is 0.417 e. The smallest absolute Gasteiger partial charge is 0.417 e. The number of hydrogen-bond acceptors (Lipinski definition) is 5. The Kier molecular flexibility index (Phi) is 6.27. The highest BCUT2D eigenvalue weighted by molar-refractivity contribution is 7.93. The average molecular weight is 463 g/mol. The van der Waals surface area contributed by atoms with Crippen molar-refractivity contribution in [3.8, 4) is 17.6 Å². The molecule has 0 bridgehead atoms. The van der Waals surface area contributed by atoms with Crippen LogP contribution in [0.2, 0.25) is 0 Å². The number of halogens is 4. The van der Waals surface area contributed by atoms with Crippen molar-refractivity contribution in [2.75, 3.05) is 6.26 Å². The highest BCUT2D eigenvalue weighted by Crippen LogP contribution is 2.32. The molecule has 0 saturated heterocycles. The minimum Gasteiger partial charge on any atom is -0.456 e. The molecule has 11 heteroatoms. The van der Waals surface area contributed by atoms with Gasteiger partial charge in [0.1, 0.15) is 28.9 Å². The van der Waals surface area contributed by atoms with Gasteiger partial charge in [-0.1, -0.05) is 6.07 Å². The molecule has 1 heterocycles. The first-order chi connectivity index (χ1) is 15.0. The monoisotopic (exact) mass is 463 g/mol. The highest BCUT2D eigenvalue weighted by atomic mass is 32.2. The third kappa shape index (κ3) is 4.92. The molecule has 0 aliphatic heterocycles. The Hall–Kier alpha value is -3.78. The van der Waals surface area contributed by atoms with Crippen molar-refractivity contribution in [2.24, 2.45) is 4.36 Å². The van der Waals surface area contributed by atoms with Gasteiger partial charge in [0.2, 0.25) is 0 Å². The van der Waals surface area contributed by atoms with Crippen molar-refractivity contribution in [3.63, 3.8) is 0 Å². The average Bonchev–Trinajstić information content (AvgIpc) is 2.73. The summed E-state index contributed by atoms with van der Waals surface area (Å²) in [6.07, 6.45) is -2.11. The minimum atomic E-state index is -4.81. The predicted octanol–water partition coefficient (Wildman–Crippen LogP) is 5.20. The fraction of sp³-hybridized carbons (Fsp3) is 0.0952. The number of benzene rings is 2. The molecule has 32 heavy (non-hydrogen) atoms. The van der Waals surface area contributed by atoms with Gasteiger partial charge in [0.25, 0.3) is 5.91 Å². The second kappa shape index (κ2) is 8.76. The van der Waals surface area contributed by atoms with Gasteiger partial charge in [-0.3, -0.25) is 9.78 Å². The molecule has 6 nitrogen and oxygen atoms in total. The first-order valence-electron chi connectivity index (χ1n) is 8.77. The number of rotatable bonds is 4. The Morgan fingerprint density at radius 2 is 1.84 bits per heavy atom. The lowest BCUT2D eigenvalue weighted by molar-refractivity contribution is -0.138. The fourth-order valence-electron chi connectivity index (χ4n) is 2.66. The lowest BCUT2D eigenvalue weighted by Crippen LogP contribution is -2.13. The number of pyridine rings is 1. The number of carbonyl (C=O) groups excluding carboxylic acids is 1. The van der Waals surface area contributed by atoms with Crippen molar-refractivity contribution in [2.45, 2.75) is 11.1 Å². The van der Waals surface area contributed by atoms with Crippen LogP contribution in [-0.4, -0.2) is 21.4 Å². The van der Waals surface area contributed by atoms with Gasteiger partial charge in [0, 0.05) is 23.5 Å². The number of nitriles is 1. The zero-order valence-corrected chi connectivity index (χ0v) is 17.1. The summed E-state index contributed by atoms with van der Waals surface area (Å²) in [5, 5.41) is 9.05. The number of aromatic nitrogens is 1. The van der Waals surface area contributed by atoms with Crippen LogP contribution < -0.4 is 4.74 Å². The second-order valence-electron chi connectivity index (χ2n) is 6.42. The maximum absolute atomic E-state index is 13.7. The van der Waals surface area contributed by atoms with Crippen LogP contribution in [-0.2, 0) is 15.9 Å². The van der Waals surface area contributed by atoms with E-state index in [1.807, 2.05) is 0 Å². The number of hydrogen-bond donors (Lipinski definition) is 0. The molecule has 0 spiro atoms. The number of nitrogens with zero attached hydrogens (tertiary/aromatic N) is 3. The van der Waals surface area contributed by atoms with Gasteiger partial charge in [-0.25, -0.2) is 8.60 Å². The number of ether oxygens (including phenoxy) is 1. The summed E-state index contributed by atoms with van der Waals surface area (Å²) in [4.78, 5) is 15.9. The Morgan fingerprint density at radius 3 is 2.47 bits per heavy atom. The maximum atomic E-state index is 13.7. The quantitative estimate of drug-likeness (QED) is 0.496. The molecule has 1 amide bonds. The van der Waals surface area contributed by atoms with Crippen LogP contribution >= 0.6 is 0 Å². The Morgan fingerprint density at radius 1 is 1.16 bits per heavy atom. The zero-order valence-electron chi connectivity index (χ0n) is 16.3. The molecule has 2 aromatic carbocycles. The summed E-state index contributed by atoms with van der Waals surface area (Å²) in [5.41, 5.74) is -2.35. The number of alkyl halides is 3. The molecule has 3 aromatic rings. The zero-order chi connectivity index (χ0) is 23.5. The second-order valence-corrected chi connectivity index (χ2v) is 8.68. The highest BCUT2D eigenvalue weighted by Gasteiger charge is 2.35. The lowest BCUT2D eigenvalue weighted by Gasteiger charge is -2.11. The van der Waals surface area contributed by atoms with Crippen molar-refractivity contribution in [1.82, 2.24) is 4.98 Å². The SMILES string of the molecule is CS(=O)(=NC(=O)c1cnccc1C(F)(F)F)c1ccc(Oc2cccc(F)c2C#N)cc1. The largest absolute Gasteiger partial charge is 0.456 e. The predicted molar refractivity (Wildman–Crippen MR) is 106 cm³/mol. The van der Waals surface area contributed by atoms with Gasteiger partial charge in [-0.05, 0) is 42.5 Å². The van der Waals surface area contributed by atoms with Crippen LogP contribution in [0.3, 0.4) is 0 Å². The van der Waals surface area contributed by atoms with Gasteiger partial charge in [0.15, 0.2) is 0 Å². The third-order valence-electron chi connectivity index (χ3n) is 4.19. The molecule has 0 N–H and O–H groups in total. The molecular weight excluding hydrogens is 450 g/mol. The summed E-state index contributed by atoms with van der Waals surface area (Å²) in [6.45, 7) is 0. The van der Waals surface area contributed by atoms with Gasteiger partial charge < -0.3 is 4.74 Å². The van der Waals surface area contributed by atoms with Crippen molar-refractivity contribution < 1.29 is 31.3 Å². The van der Waals surface area contributed by atoms with Crippen LogP contribution in [0.1, 0.15) is 21.5 Å². The Labute approximate surface area is 180 Å². The summed E-state index contributed by atoms with van der Waals surface area (Å²) in [6, 6.07) is 11.5. The summed E-state index contributed by atoms with van der Waals surface area (Å²) in [5.74, 6) is -1.95. The normalized spacial score (nSPS) is 13.0. The van der Waals surface area contributed by atoms with E-state index in [2.05, 4.69) is 9.35 Å². The van der Waals surface area contributed by atoms with E-state index in [0.29, 0.717) is 12.3 Å². The standard InChI is InChI=1S/C21H13F4N3O3S/c1-32(30,28-20(29)16-12-27-10-9-17(16)21(23,24)25)14-7-5-13(6-8-14)31-19-4-2-3-18(22)15(19)11-26/h2-10,12H,1H3. The molecule has 3 rings (SSSR count). The van der Waals surface area contributed by atoms with E-state index >= 15 is 0 Å². The molecule has 0 fully saturated rings. The third-order valence-corrected chi connectivity index (χ3v) is 5.85. The van der Waals surface area contributed by atoms with E-state index in [4.69, 9.17) is 10.00 Å². The van der Waals surface area contributed by atoms with Crippen LogP contribution in [0.4, 0.5) is 17.6 Å². The fourth-order valence-corrected chi connectivity index (χ4v) is 3.82. The van der Waals surface area contributed by atoms with E-state index < -0.39 is 38.8 Å². The van der Waals surface area contributed by atoms with E-state index in [0.717, 1.165) is 18.5 Å². The number of amides is 1. The summed E-state index contributed by atoms with van der Waals surface area (Å²) < 4.78 is 74.9. The van der Waals surface area contributed by atoms with Crippen molar-refractivity contribution in [3.05, 3.63) is 83.4 Å². The topological polar surface area (TPSA) is 92.4 Å². The Bertz CT molecular complexity index is 1340. The molecule has 0 radical (unpaired) electrons. The van der Waals surface area contributed by atoms with Gasteiger partial charge >= 0.3 is 6.18 Å². The molecular formula is C21H13F4N3O3S. The van der Waals surface area contributed by atoms with Crippen molar-refractivity contribution >= 4 is 15.6 Å². The minimum absolute atomic E-state index is 0.0337. The van der Waals surface area contributed by atoms with E-state index in [1.54, 1.807) is 6.07 Å². The van der Waals surface area contributed by atoms with Crippen LogP contribution in [0, 0.1) is 17.1 Å². The summed E-state index contributed by atoms with van der Waals surface area (Å²) >= 11 is 0. The van der Waals surface area contributed by atoms with Crippen LogP contribution in [0.15, 0.2) is 70.2 Å². The summed E-state index contributed by atoms with van der Waals surface area (Å²) in [7, 11) is -3.42. The van der Waals surface area contributed by atoms with Crippen LogP contribution in [0.5, 0.6) is 11.5 Å². The van der Waals surface area contributed by atoms with Crippen LogP contribution in [0.25, 0.3) is 0 Å². The molecule has 0 saturated carbocycles. The Balaban J connectivity index is 1.90. The molecule has 0 aliphatic rings. The van der Waals surface area contributed by atoms with Gasteiger partial charge in [-0.2, -0.15) is 22.8 Å². The molecule has 164 valence electrons. The first-order valence-corrected chi connectivity index (χ1v) is 10.7. The van der Waals surface area contributed by atoms with Gasteiger partial charge in [0.05, 0.1) is 20.9 Å². The number of carbonyl (C=O) groups is 1. The molecule has 1 unspecified atom stereocenters. The van der Waals surface area contributed by atoms with Gasteiger partial charge in [-0.15, -0.1) is 0 Å². The van der Waals surface area contributed by atoms with E-state index in [1.165, 1.54) is 36.4 Å². The van der Waals surface area contributed by atoms with Crippen molar-refractivity contribution in [1.29, 1.82) is 5.26 Å². The lowest BCUT2D eigenvalue weighted by atomic mass is 10.1. The molecule has 0 aliphatic carbocycles.